The number of carbonyl (C=O) groups excluding carboxylic acids is 1. The fourth-order valence-corrected chi connectivity index (χ4v) is 3.66. The van der Waals surface area contributed by atoms with Crippen molar-refractivity contribution in [3.8, 4) is 21.7 Å². The van der Waals surface area contributed by atoms with Gasteiger partial charge in [0.1, 0.15) is 0 Å². The van der Waals surface area contributed by atoms with Crippen molar-refractivity contribution in [1.29, 1.82) is 0 Å². The van der Waals surface area contributed by atoms with Gasteiger partial charge in [-0.15, -0.1) is 0 Å². The van der Waals surface area contributed by atoms with Crippen LogP contribution in [0, 0.1) is 19.1 Å². The lowest BCUT2D eigenvalue weighted by atomic mass is 10.0. The van der Waals surface area contributed by atoms with Gasteiger partial charge in [0.15, 0.2) is 17.5 Å². The van der Waals surface area contributed by atoms with E-state index in [1.807, 2.05) is 13.8 Å². The molecule has 5 nitrogen and oxygen atoms in total. The van der Waals surface area contributed by atoms with E-state index in [0.29, 0.717) is 11.6 Å². The third kappa shape index (κ3) is 3.85. The fraction of sp³-hybridized carbons (Fsp3) is 0.211. The smallest absolute Gasteiger partial charge is 0.225 e. The van der Waals surface area contributed by atoms with Crippen LogP contribution in [0.4, 0.5) is 5.13 Å². The molecule has 3 aromatic rings. The van der Waals surface area contributed by atoms with E-state index in [9.17, 15) is 10.0 Å². The summed E-state index contributed by atoms with van der Waals surface area (Å²) in [5.41, 5.74) is 5.01. The Morgan fingerprint density at radius 3 is 2.40 bits per heavy atom. The number of anilines is 1. The number of hydrogen-bond donors (Lipinski definition) is 1. The number of pyridine rings is 1. The average molecular weight is 353 g/mol. The number of amides is 1. The van der Waals surface area contributed by atoms with E-state index in [0.717, 1.165) is 37.6 Å². The number of benzene rings is 1. The molecule has 0 atom stereocenters. The van der Waals surface area contributed by atoms with Crippen molar-refractivity contribution in [1.82, 2.24) is 4.98 Å². The highest BCUT2D eigenvalue weighted by atomic mass is 32.1. The van der Waals surface area contributed by atoms with Gasteiger partial charge in [-0.3, -0.25) is 4.79 Å². The van der Waals surface area contributed by atoms with Crippen LogP contribution in [0.2, 0.25) is 0 Å². The molecule has 1 N–H and O–H groups in total. The number of hydrogen-bond acceptors (Lipinski definition) is 4. The molecule has 0 bridgehead atoms. The summed E-state index contributed by atoms with van der Waals surface area (Å²) in [5, 5.41) is 14.7. The molecule has 2 aromatic heterocycles. The van der Waals surface area contributed by atoms with E-state index in [-0.39, 0.29) is 5.91 Å². The summed E-state index contributed by atoms with van der Waals surface area (Å²) in [6.45, 7) is 5.90. The highest BCUT2D eigenvalue weighted by Crippen LogP contribution is 2.39. The molecule has 0 unspecified atom stereocenters. The summed E-state index contributed by atoms with van der Waals surface area (Å²) in [6.07, 6.45) is 3.32. The first-order chi connectivity index (χ1) is 12.0. The third-order valence-corrected chi connectivity index (χ3v) is 4.77. The van der Waals surface area contributed by atoms with Crippen molar-refractivity contribution >= 4 is 22.4 Å². The molecule has 0 aliphatic rings. The summed E-state index contributed by atoms with van der Waals surface area (Å²) >= 11 is 1.41. The monoisotopic (exact) mass is 353 g/mol. The van der Waals surface area contributed by atoms with E-state index in [2.05, 4.69) is 28.5 Å². The van der Waals surface area contributed by atoms with Gasteiger partial charge < -0.3 is 10.5 Å². The lowest BCUT2D eigenvalue weighted by molar-refractivity contribution is -0.605. The van der Waals surface area contributed by atoms with Crippen LogP contribution in [0.25, 0.3) is 21.7 Å². The van der Waals surface area contributed by atoms with Crippen molar-refractivity contribution in [2.24, 2.45) is 0 Å². The minimum absolute atomic E-state index is 0.0715. The van der Waals surface area contributed by atoms with Crippen LogP contribution in [0.15, 0.2) is 42.7 Å². The number of nitrogens with one attached hydrogen (secondary N) is 1. The Labute approximate surface area is 150 Å². The van der Waals surface area contributed by atoms with Crippen molar-refractivity contribution in [2.75, 3.05) is 5.32 Å². The van der Waals surface area contributed by atoms with E-state index >= 15 is 0 Å². The van der Waals surface area contributed by atoms with E-state index in [1.165, 1.54) is 23.7 Å². The maximum Gasteiger partial charge on any atom is 0.225 e. The first kappa shape index (κ1) is 17.1. The second-order valence-electron chi connectivity index (χ2n) is 5.92. The molecule has 0 aliphatic heterocycles. The fourth-order valence-electron chi connectivity index (χ4n) is 2.65. The molecule has 0 spiro atoms. The van der Waals surface area contributed by atoms with Gasteiger partial charge in [-0.05, 0) is 26.0 Å². The first-order valence-electron chi connectivity index (χ1n) is 8.05. The molecule has 0 saturated carbocycles. The molecule has 6 heteroatoms. The topological polar surface area (TPSA) is 68.9 Å². The molecule has 2 heterocycles. The molecule has 1 amide bonds. The number of nitrogens with zero attached hydrogens (tertiary/aromatic N) is 2. The van der Waals surface area contributed by atoms with Crippen LogP contribution in [0.5, 0.6) is 0 Å². The molecule has 25 heavy (non-hydrogen) atoms. The van der Waals surface area contributed by atoms with Crippen molar-refractivity contribution in [3.05, 3.63) is 59.1 Å². The predicted octanol–water partition coefficient (Wildman–Crippen LogP) is 4.08. The van der Waals surface area contributed by atoms with Gasteiger partial charge in [-0.2, -0.15) is 4.73 Å². The zero-order valence-electron chi connectivity index (χ0n) is 14.4. The van der Waals surface area contributed by atoms with Crippen LogP contribution in [-0.4, -0.2) is 10.9 Å². The first-order valence-corrected chi connectivity index (χ1v) is 8.86. The van der Waals surface area contributed by atoms with E-state index in [1.54, 1.807) is 19.1 Å². The number of rotatable bonds is 4. The van der Waals surface area contributed by atoms with Gasteiger partial charge in [0.2, 0.25) is 5.91 Å². The zero-order valence-corrected chi connectivity index (χ0v) is 15.2. The van der Waals surface area contributed by atoms with Gasteiger partial charge in [0, 0.05) is 29.7 Å². The normalized spacial score (nSPS) is 10.7. The van der Waals surface area contributed by atoms with Crippen LogP contribution >= 0.6 is 11.3 Å². The number of aromatic nitrogens is 2. The summed E-state index contributed by atoms with van der Waals surface area (Å²) in [7, 11) is 0. The summed E-state index contributed by atoms with van der Waals surface area (Å²) in [5.74, 6) is -0.0715. The molecule has 0 saturated heterocycles. The Hall–Kier alpha value is -2.73. The van der Waals surface area contributed by atoms with Gasteiger partial charge in [0.05, 0.1) is 10.6 Å². The molecule has 0 fully saturated rings. The number of aryl methyl sites for hydroxylation is 2. The predicted molar refractivity (Wildman–Crippen MR) is 100 cm³/mol. The Morgan fingerprint density at radius 1 is 1.16 bits per heavy atom. The molecule has 1 aromatic carbocycles. The second kappa shape index (κ2) is 7.03. The van der Waals surface area contributed by atoms with E-state index in [4.69, 9.17) is 0 Å². The Bertz CT molecular complexity index is 897. The van der Waals surface area contributed by atoms with Crippen LogP contribution in [0.1, 0.15) is 24.5 Å². The van der Waals surface area contributed by atoms with Crippen LogP contribution in [0.3, 0.4) is 0 Å². The average Bonchev–Trinajstić information content (AvgIpc) is 2.98. The number of thiazole rings is 1. The lowest BCUT2D eigenvalue weighted by Crippen LogP contribution is -2.23. The Morgan fingerprint density at radius 2 is 1.80 bits per heavy atom. The maximum absolute atomic E-state index is 11.7. The molecular weight excluding hydrogens is 334 g/mol. The van der Waals surface area contributed by atoms with E-state index < -0.39 is 0 Å². The maximum atomic E-state index is 11.7. The SMILES string of the molecule is CCC(=O)Nc1nc(-c2cc(C)cc(C)c2)c(-c2cc[n+]([O-])cc2)s1. The van der Waals surface area contributed by atoms with Crippen LogP contribution in [-0.2, 0) is 4.79 Å². The second-order valence-corrected chi connectivity index (χ2v) is 6.92. The largest absolute Gasteiger partial charge is 0.619 e. The third-order valence-electron chi connectivity index (χ3n) is 3.75. The van der Waals surface area contributed by atoms with Gasteiger partial charge in [-0.1, -0.05) is 35.5 Å². The van der Waals surface area contributed by atoms with Crippen LogP contribution < -0.4 is 10.0 Å². The quantitative estimate of drug-likeness (QED) is 0.568. The highest BCUT2D eigenvalue weighted by Gasteiger charge is 2.17. The highest BCUT2D eigenvalue weighted by molar-refractivity contribution is 7.19. The summed E-state index contributed by atoms with van der Waals surface area (Å²) < 4.78 is 0.751. The Kier molecular flexibility index (Phi) is 4.81. The lowest BCUT2D eigenvalue weighted by Gasteiger charge is -2.05. The van der Waals surface area contributed by atoms with Crippen molar-refractivity contribution < 1.29 is 9.52 Å². The summed E-state index contributed by atoms with van der Waals surface area (Å²) in [4.78, 5) is 17.3. The standard InChI is InChI=1S/C19H19N3O2S/c1-4-16(23)20-19-21-17(15-10-12(2)9-13(3)11-15)18(25-19)14-5-7-22(24)8-6-14/h5-11H,4H2,1-3H3,(H,20,21,23). The molecule has 128 valence electrons. The number of carbonyl (C=O) groups is 1. The minimum Gasteiger partial charge on any atom is -0.619 e. The van der Waals surface area contributed by atoms with Crippen molar-refractivity contribution in [3.63, 3.8) is 0 Å². The molecule has 3 rings (SSSR count). The minimum atomic E-state index is -0.0715. The van der Waals surface area contributed by atoms with Gasteiger partial charge >= 0.3 is 0 Å². The zero-order chi connectivity index (χ0) is 18.0. The molecular formula is C19H19N3O2S. The molecule has 0 radical (unpaired) electrons. The van der Waals surface area contributed by atoms with Gasteiger partial charge in [-0.25, -0.2) is 4.98 Å². The van der Waals surface area contributed by atoms with Crippen molar-refractivity contribution in [2.45, 2.75) is 27.2 Å². The van der Waals surface area contributed by atoms with Gasteiger partial charge in [0.25, 0.3) is 0 Å². The molecule has 0 aliphatic carbocycles. The Balaban J connectivity index is 2.14. The summed E-state index contributed by atoms with van der Waals surface area (Å²) in [6, 6.07) is 9.79.